The fourth-order valence-electron chi connectivity index (χ4n) is 1.58. The van der Waals surface area contributed by atoms with Crippen LogP contribution in [0.3, 0.4) is 0 Å². The molecule has 1 aromatic carbocycles. The standard InChI is InChI=1S/C12H12O3/c1-2-14-12-9(7-13)8-15-11-6-4-3-5-10(11)12/h3-7H,2,8H2,1H3. The maximum atomic E-state index is 10.8. The van der Waals surface area contributed by atoms with Crippen LogP contribution < -0.4 is 4.74 Å². The van der Waals surface area contributed by atoms with Crippen molar-refractivity contribution in [2.45, 2.75) is 6.92 Å². The molecule has 1 aliphatic rings. The summed E-state index contributed by atoms with van der Waals surface area (Å²) in [5.41, 5.74) is 1.42. The average Bonchev–Trinajstić information content (AvgIpc) is 2.30. The molecule has 0 saturated heterocycles. The summed E-state index contributed by atoms with van der Waals surface area (Å²) in [6.07, 6.45) is 0.793. The molecule has 0 aliphatic carbocycles. The van der Waals surface area contributed by atoms with Crippen LogP contribution in [-0.4, -0.2) is 19.5 Å². The lowest BCUT2D eigenvalue weighted by Crippen LogP contribution is -2.13. The van der Waals surface area contributed by atoms with Crippen LogP contribution in [0, 0.1) is 0 Å². The van der Waals surface area contributed by atoms with Crippen LogP contribution in [0.25, 0.3) is 5.76 Å². The zero-order valence-corrected chi connectivity index (χ0v) is 8.53. The number of aldehydes is 1. The van der Waals surface area contributed by atoms with Crippen LogP contribution in [0.5, 0.6) is 5.75 Å². The summed E-state index contributed by atoms with van der Waals surface area (Å²) in [6.45, 7) is 2.73. The normalized spacial score (nSPS) is 14.2. The van der Waals surface area contributed by atoms with Gasteiger partial charge in [0.15, 0.2) is 6.29 Å². The average molecular weight is 204 g/mol. The van der Waals surface area contributed by atoms with Crippen molar-refractivity contribution in [3.8, 4) is 5.75 Å². The van der Waals surface area contributed by atoms with Crippen molar-refractivity contribution in [1.29, 1.82) is 0 Å². The lowest BCUT2D eigenvalue weighted by molar-refractivity contribution is -0.105. The fourth-order valence-corrected chi connectivity index (χ4v) is 1.58. The molecule has 0 fully saturated rings. The molecule has 1 heterocycles. The minimum atomic E-state index is 0.288. The number of carbonyl (C=O) groups excluding carboxylic acids is 1. The number of hydrogen-bond acceptors (Lipinski definition) is 3. The van der Waals surface area contributed by atoms with Gasteiger partial charge in [-0.3, -0.25) is 4.79 Å². The lowest BCUT2D eigenvalue weighted by Gasteiger charge is -2.21. The summed E-state index contributed by atoms with van der Waals surface area (Å²) in [7, 11) is 0. The van der Waals surface area contributed by atoms with Crippen molar-refractivity contribution in [3.63, 3.8) is 0 Å². The van der Waals surface area contributed by atoms with E-state index < -0.39 is 0 Å². The summed E-state index contributed by atoms with van der Waals surface area (Å²) in [5.74, 6) is 1.42. The highest BCUT2D eigenvalue weighted by Gasteiger charge is 2.20. The van der Waals surface area contributed by atoms with Crippen LogP contribution in [0.1, 0.15) is 12.5 Å². The number of hydrogen-bond donors (Lipinski definition) is 0. The van der Waals surface area contributed by atoms with Crippen LogP contribution in [0.2, 0.25) is 0 Å². The molecule has 3 heteroatoms. The monoisotopic (exact) mass is 204 g/mol. The number of para-hydroxylation sites is 1. The van der Waals surface area contributed by atoms with E-state index in [-0.39, 0.29) is 6.61 Å². The number of carbonyl (C=O) groups is 1. The quantitative estimate of drug-likeness (QED) is 0.707. The number of ether oxygens (including phenoxy) is 2. The summed E-state index contributed by atoms with van der Waals surface area (Å²) in [4.78, 5) is 10.8. The Bertz CT molecular complexity index is 407. The Kier molecular flexibility index (Phi) is 2.72. The van der Waals surface area contributed by atoms with E-state index in [1.807, 2.05) is 31.2 Å². The Morgan fingerprint density at radius 2 is 2.27 bits per heavy atom. The van der Waals surface area contributed by atoms with Gasteiger partial charge in [0.2, 0.25) is 0 Å². The summed E-state index contributed by atoms with van der Waals surface area (Å²) >= 11 is 0. The molecule has 1 aromatic rings. The SMILES string of the molecule is CCOC1=C(C=O)COc2ccccc21. The van der Waals surface area contributed by atoms with Crippen molar-refractivity contribution in [3.05, 3.63) is 35.4 Å². The van der Waals surface area contributed by atoms with Gasteiger partial charge in [-0.25, -0.2) is 0 Å². The third kappa shape index (κ3) is 1.73. The fraction of sp³-hybridized carbons (Fsp3) is 0.250. The van der Waals surface area contributed by atoms with E-state index in [0.29, 0.717) is 17.9 Å². The molecular weight excluding hydrogens is 192 g/mol. The molecule has 0 saturated carbocycles. The number of benzene rings is 1. The highest BCUT2D eigenvalue weighted by Crippen LogP contribution is 2.32. The summed E-state index contributed by atoms with van der Waals surface area (Å²) < 4.78 is 10.9. The smallest absolute Gasteiger partial charge is 0.153 e. The Morgan fingerprint density at radius 3 is 3.00 bits per heavy atom. The first kappa shape index (κ1) is 9.77. The van der Waals surface area contributed by atoms with E-state index in [1.54, 1.807) is 0 Å². The molecule has 0 aromatic heterocycles. The molecule has 0 unspecified atom stereocenters. The van der Waals surface area contributed by atoms with Crippen molar-refractivity contribution in [2.24, 2.45) is 0 Å². The second kappa shape index (κ2) is 4.17. The van der Waals surface area contributed by atoms with E-state index in [9.17, 15) is 4.79 Å². The van der Waals surface area contributed by atoms with Gasteiger partial charge in [0.1, 0.15) is 18.1 Å². The van der Waals surface area contributed by atoms with Gasteiger partial charge in [-0.15, -0.1) is 0 Å². The molecule has 3 nitrogen and oxygen atoms in total. The Labute approximate surface area is 88.3 Å². The second-order valence-corrected chi connectivity index (χ2v) is 3.19. The van der Waals surface area contributed by atoms with Crippen molar-refractivity contribution in [1.82, 2.24) is 0 Å². The summed E-state index contributed by atoms with van der Waals surface area (Å²) in [5, 5.41) is 0. The van der Waals surface area contributed by atoms with E-state index in [0.717, 1.165) is 17.6 Å². The largest absolute Gasteiger partial charge is 0.493 e. The maximum Gasteiger partial charge on any atom is 0.153 e. The van der Waals surface area contributed by atoms with Gasteiger partial charge in [-0.2, -0.15) is 0 Å². The molecule has 0 radical (unpaired) electrons. The van der Waals surface area contributed by atoms with E-state index >= 15 is 0 Å². The molecule has 78 valence electrons. The molecule has 0 spiro atoms. The van der Waals surface area contributed by atoms with Crippen LogP contribution >= 0.6 is 0 Å². The zero-order valence-electron chi connectivity index (χ0n) is 8.53. The molecule has 0 amide bonds. The van der Waals surface area contributed by atoms with Crippen molar-refractivity contribution >= 4 is 12.0 Å². The van der Waals surface area contributed by atoms with Crippen molar-refractivity contribution in [2.75, 3.05) is 13.2 Å². The molecule has 2 rings (SSSR count). The minimum absolute atomic E-state index is 0.288. The third-order valence-corrected chi connectivity index (χ3v) is 2.24. The van der Waals surface area contributed by atoms with Gasteiger partial charge in [-0.05, 0) is 19.1 Å². The zero-order chi connectivity index (χ0) is 10.7. The van der Waals surface area contributed by atoms with Gasteiger partial charge < -0.3 is 9.47 Å². The van der Waals surface area contributed by atoms with Crippen molar-refractivity contribution < 1.29 is 14.3 Å². The lowest BCUT2D eigenvalue weighted by atomic mass is 10.1. The van der Waals surface area contributed by atoms with Crippen LogP contribution in [0.15, 0.2) is 29.8 Å². The van der Waals surface area contributed by atoms with Gasteiger partial charge in [-0.1, -0.05) is 12.1 Å². The summed E-state index contributed by atoms with van der Waals surface area (Å²) in [6, 6.07) is 7.56. The van der Waals surface area contributed by atoms with Crippen LogP contribution in [-0.2, 0) is 9.53 Å². The molecule has 0 atom stereocenters. The molecule has 0 N–H and O–H groups in total. The van der Waals surface area contributed by atoms with Gasteiger partial charge in [0.25, 0.3) is 0 Å². The topological polar surface area (TPSA) is 35.5 Å². The minimum Gasteiger partial charge on any atom is -0.493 e. The van der Waals surface area contributed by atoms with Crippen LogP contribution in [0.4, 0.5) is 0 Å². The number of fused-ring (bicyclic) bond motifs is 1. The highest BCUT2D eigenvalue weighted by atomic mass is 16.5. The first-order valence-electron chi connectivity index (χ1n) is 4.90. The first-order chi connectivity index (χ1) is 7.36. The third-order valence-electron chi connectivity index (χ3n) is 2.24. The first-order valence-corrected chi connectivity index (χ1v) is 4.90. The Balaban J connectivity index is 2.50. The predicted molar refractivity (Wildman–Crippen MR) is 56.5 cm³/mol. The van der Waals surface area contributed by atoms with Gasteiger partial charge >= 0.3 is 0 Å². The van der Waals surface area contributed by atoms with E-state index in [1.165, 1.54) is 0 Å². The molecule has 0 bridgehead atoms. The van der Waals surface area contributed by atoms with E-state index in [2.05, 4.69) is 0 Å². The molecular formula is C12H12O3. The Morgan fingerprint density at radius 1 is 1.47 bits per heavy atom. The maximum absolute atomic E-state index is 10.8. The van der Waals surface area contributed by atoms with E-state index in [4.69, 9.17) is 9.47 Å². The molecule has 1 aliphatic heterocycles. The van der Waals surface area contributed by atoms with Gasteiger partial charge in [0.05, 0.1) is 17.7 Å². The Hall–Kier alpha value is -1.77. The molecule has 15 heavy (non-hydrogen) atoms. The highest BCUT2D eigenvalue weighted by molar-refractivity contribution is 5.88. The van der Waals surface area contributed by atoms with Gasteiger partial charge in [0, 0.05) is 0 Å². The number of rotatable bonds is 3. The second-order valence-electron chi connectivity index (χ2n) is 3.19. The predicted octanol–water partition coefficient (Wildman–Crippen LogP) is 2.03.